The van der Waals surface area contributed by atoms with Crippen molar-refractivity contribution in [3.8, 4) is 5.75 Å². The lowest BCUT2D eigenvalue weighted by Gasteiger charge is -2.35. The summed E-state index contributed by atoms with van der Waals surface area (Å²) in [5.74, 6) is 0.0714. The number of carboxylic acids is 1. The highest BCUT2D eigenvalue weighted by Crippen LogP contribution is 2.53. The van der Waals surface area contributed by atoms with Gasteiger partial charge in [-0.15, -0.1) is 0 Å². The predicted molar refractivity (Wildman–Crippen MR) is 132 cm³/mol. The molecule has 0 spiro atoms. The third-order valence-corrected chi connectivity index (χ3v) is 9.54. The van der Waals surface area contributed by atoms with Crippen molar-refractivity contribution in [3.63, 3.8) is 0 Å². The number of allylic oxidation sites excluding steroid dienone is 1. The maximum absolute atomic E-state index is 13.7. The Kier molecular flexibility index (Phi) is 6.59. The standard InChI is InChI=1S/C27H32N2O5S/c1-19-26(21-12-5-7-14-23(21)28(19)18-25(30)31)27-22-13-6-8-15-24(22)35(32,33)29(27)16-9-17-34-20-10-3-2-4-11-20/h2-4,6,8,10-11,13,15,21,23,27H,5,7,9,12,14,16-18H2,1H3,(H,30,31). The molecule has 3 atom stereocenters. The van der Waals surface area contributed by atoms with Gasteiger partial charge in [-0.05, 0) is 55.5 Å². The third-order valence-electron chi connectivity index (χ3n) is 7.60. The molecule has 8 heteroatoms. The van der Waals surface area contributed by atoms with Gasteiger partial charge < -0.3 is 14.7 Å². The highest BCUT2D eigenvalue weighted by molar-refractivity contribution is 7.89. The molecule has 0 radical (unpaired) electrons. The van der Waals surface area contributed by atoms with E-state index in [9.17, 15) is 18.3 Å². The Morgan fingerprint density at radius 2 is 1.77 bits per heavy atom. The second kappa shape index (κ2) is 9.66. The molecule has 0 amide bonds. The first-order valence-corrected chi connectivity index (χ1v) is 13.8. The molecule has 2 aromatic carbocycles. The fourth-order valence-corrected chi connectivity index (χ4v) is 8.03. The van der Waals surface area contributed by atoms with Gasteiger partial charge in [0.2, 0.25) is 10.0 Å². The van der Waals surface area contributed by atoms with Crippen molar-refractivity contribution < 1.29 is 23.1 Å². The Morgan fingerprint density at radius 1 is 1.06 bits per heavy atom. The summed E-state index contributed by atoms with van der Waals surface area (Å²) in [6.07, 6.45) is 4.59. The van der Waals surface area contributed by atoms with Crippen LogP contribution in [0.3, 0.4) is 0 Å². The van der Waals surface area contributed by atoms with Gasteiger partial charge in [0.25, 0.3) is 0 Å². The van der Waals surface area contributed by atoms with E-state index in [1.807, 2.05) is 54.3 Å². The number of ether oxygens (including phenoxy) is 1. The Balaban J connectivity index is 1.48. The van der Waals surface area contributed by atoms with Gasteiger partial charge in [-0.2, -0.15) is 4.31 Å². The van der Waals surface area contributed by atoms with Gasteiger partial charge in [0.1, 0.15) is 12.3 Å². The van der Waals surface area contributed by atoms with E-state index in [0.717, 1.165) is 48.3 Å². The summed E-state index contributed by atoms with van der Waals surface area (Å²) >= 11 is 0. The summed E-state index contributed by atoms with van der Waals surface area (Å²) in [6.45, 7) is 2.67. The summed E-state index contributed by atoms with van der Waals surface area (Å²) in [7, 11) is -3.67. The molecule has 1 N–H and O–H groups in total. The van der Waals surface area contributed by atoms with Crippen molar-refractivity contribution in [1.29, 1.82) is 0 Å². The lowest BCUT2D eigenvalue weighted by atomic mass is 9.78. The summed E-state index contributed by atoms with van der Waals surface area (Å²) in [5, 5.41) is 9.58. The molecule has 2 aliphatic heterocycles. The Hall–Kier alpha value is -2.84. The Bertz CT molecular complexity index is 1230. The summed E-state index contributed by atoms with van der Waals surface area (Å²) in [6, 6.07) is 16.5. The highest BCUT2D eigenvalue weighted by atomic mass is 32.2. The average Bonchev–Trinajstić information content (AvgIpc) is 3.24. The number of sulfonamides is 1. The predicted octanol–water partition coefficient (Wildman–Crippen LogP) is 4.43. The van der Waals surface area contributed by atoms with E-state index in [-0.39, 0.29) is 18.5 Å². The van der Waals surface area contributed by atoms with Crippen LogP contribution < -0.4 is 4.74 Å². The second-order valence-electron chi connectivity index (χ2n) is 9.59. The van der Waals surface area contributed by atoms with Crippen molar-refractivity contribution in [2.45, 2.75) is 56.0 Å². The van der Waals surface area contributed by atoms with E-state index in [1.54, 1.807) is 16.4 Å². The van der Waals surface area contributed by atoms with Crippen LogP contribution in [-0.4, -0.2) is 54.4 Å². The first kappa shape index (κ1) is 23.9. The van der Waals surface area contributed by atoms with Gasteiger partial charge in [-0.1, -0.05) is 49.2 Å². The maximum Gasteiger partial charge on any atom is 0.323 e. The van der Waals surface area contributed by atoms with Crippen LogP contribution in [0, 0.1) is 5.92 Å². The van der Waals surface area contributed by atoms with Gasteiger partial charge in [-0.25, -0.2) is 8.42 Å². The first-order chi connectivity index (χ1) is 16.9. The molecule has 7 nitrogen and oxygen atoms in total. The number of rotatable bonds is 8. The molecule has 1 saturated carbocycles. The lowest BCUT2D eigenvalue weighted by Crippen LogP contribution is -2.39. The number of para-hydroxylation sites is 1. The number of hydrogen-bond donors (Lipinski definition) is 1. The van der Waals surface area contributed by atoms with Gasteiger partial charge in [-0.3, -0.25) is 4.79 Å². The van der Waals surface area contributed by atoms with E-state index in [4.69, 9.17) is 4.74 Å². The normalized spacial score (nSPS) is 25.4. The van der Waals surface area contributed by atoms with Crippen LogP contribution in [0.5, 0.6) is 5.75 Å². The molecule has 0 bridgehead atoms. The average molecular weight is 497 g/mol. The van der Waals surface area contributed by atoms with E-state index in [1.165, 1.54) is 0 Å². The first-order valence-electron chi connectivity index (χ1n) is 12.4. The molecule has 1 fully saturated rings. The van der Waals surface area contributed by atoms with Crippen molar-refractivity contribution in [2.24, 2.45) is 5.92 Å². The van der Waals surface area contributed by atoms with Gasteiger partial charge >= 0.3 is 5.97 Å². The molecular formula is C27H32N2O5S. The minimum absolute atomic E-state index is 0.0530. The van der Waals surface area contributed by atoms with Gasteiger partial charge in [0.05, 0.1) is 17.5 Å². The van der Waals surface area contributed by atoms with Crippen LogP contribution in [0.4, 0.5) is 0 Å². The van der Waals surface area contributed by atoms with Crippen LogP contribution in [0.2, 0.25) is 0 Å². The molecule has 5 rings (SSSR count). The van der Waals surface area contributed by atoms with Crippen LogP contribution in [0.1, 0.15) is 50.6 Å². The Morgan fingerprint density at radius 3 is 2.54 bits per heavy atom. The number of carboxylic acid groups (broad SMARTS) is 1. The molecule has 3 unspecified atom stereocenters. The SMILES string of the molecule is CC1=C(C2c3ccccc3S(=O)(=O)N2CCCOc2ccccc2)C2CCCCC2N1CC(=O)O. The largest absolute Gasteiger partial charge is 0.494 e. The number of nitrogens with zero attached hydrogens (tertiary/aromatic N) is 2. The lowest BCUT2D eigenvalue weighted by molar-refractivity contribution is -0.138. The topological polar surface area (TPSA) is 87.2 Å². The number of carbonyl (C=O) groups is 1. The summed E-state index contributed by atoms with van der Waals surface area (Å²) < 4.78 is 34.9. The zero-order valence-corrected chi connectivity index (χ0v) is 20.8. The van der Waals surface area contributed by atoms with E-state index in [0.29, 0.717) is 24.5 Å². The number of fused-ring (bicyclic) bond motifs is 2. The molecular weight excluding hydrogens is 464 g/mol. The molecule has 0 saturated heterocycles. The smallest absolute Gasteiger partial charge is 0.323 e. The van der Waals surface area contributed by atoms with E-state index >= 15 is 0 Å². The number of benzene rings is 2. The van der Waals surface area contributed by atoms with Crippen molar-refractivity contribution in [3.05, 3.63) is 71.4 Å². The van der Waals surface area contributed by atoms with Gasteiger partial charge in [0.15, 0.2) is 0 Å². The molecule has 2 aromatic rings. The van der Waals surface area contributed by atoms with E-state index in [2.05, 4.69) is 0 Å². The van der Waals surface area contributed by atoms with Crippen molar-refractivity contribution in [1.82, 2.24) is 9.21 Å². The minimum Gasteiger partial charge on any atom is -0.494 e. The fraction of sp³-hybridized carbons (Fsp3) is 0.444. The molecule has 1 aliphatic carbocycles. The van der Waals surface area contributed by atoms with Crippen molar-refractivity contribution in [2.75, 3.05) is 19.7 Å². The maximum atomic E-state index is 13.7. The highest BCUT2D eigenvalue weighted by Gasteiger charge is 2.51. The zero-order valence-electron chi connectivity index (χ0n) is 20.0. The fourth-order valence-electron chi connectivity index (χ4n) is 6.17. The summed E-state index contributed by atoms with van der Waals surface area (Å²) in [4.78, 5) is 14.0. The van der Waals surface area contributed by atoms with Crippen LogP contribution in [0.25, 0.3) is 0 Å². The second-order valence-corrected chi connectivity index (χ2v) is 11.5. The minimum atomic E-state index is -3.67. The molecule has 186 valence electrons. The van der Waals surface area contributed by atoms with Crippen LogP contribution >= 0.6 is 0 Å². The third kappa shape index (κ3) is 4.34. The van der Waals surface area contributed by atoms with Crippen LogP contribution in [-0.2, 0) is 14.8 Å². The van der Waals surface area contributed by atoms with Crippen LogP contribution in [0.15, 0.2) is 70.8 Å². The monoisotopic (exact) mass is 496 g/mol. The Labute approximate surface area is 207 Å². The quantitative estimate of drug-likeness (QED) is 0.544. The summed E-state index contributed by atoms with van der Waals surface area (Å²) in [5.41, 5.74) is 2.80. The number of aliphatic carboxylic acids is 1. The van der Waals surface area contributed by atoms with E-state index < -0.39 is 22.0 Å². The molecule has 2 heterocycles. The zero-order chi connectivity index (χ0) is 24.6. The molecule has 3 aliphatic rings. The number of hydrogen-bond acceptors (Lipinski definition) is 5. The van der Waals surface area contributed by atoms with Crippen molar-refractivity contribution >= 4 is 16.0 Å². The van der Waals surface area contributed by atoms with Gasteiger partial charge in [0, 0.05) is 24.2 Å². The molecule has 35 heavy (non-hydrogen) atoms. The molecule has 0 aromatic heterocycles.